The third kappa shape index (κ3) is 3.38. The van der Waals surface area contributed by atoms with Gasteiger partial charge in [0.15, 0.2) is 0 Å². The molecule has 0 aliphatic heterocycles. The Morgan fingerprint density at radius 1 is 1.25 bits per heavy atom. The molecule has 20 heavy (non-hydrogen) atoms. The third-order valence-corrected chi connectivity index (χ3v) is 3.93. The lowest BCUT2D eigenvalue weighted by molar-refractivity contribution is 0.339. The fourth-order valence-electron chi connectivity index (χ4n) is 1.44. The molecule has 0 unspecified atom stereocenters. The first kappa shape index (κ1) is 14.1. The van der Waals surface area contributed by atoms with Gasteiger partial charge in [-0.05, 0) is 24.3 Å². The Morgan fingerprint density at radius 3 is 2.45 bits per heavy atom. The van der Waals surface area contributed by atoms with Gasteiger partial charge in [-0.25, -0.2) is 13.5 Å². The van der Waals surface area contributed by atoms with E-state index in [9.17, 15) is 8.42 Å². The monoisotopic (exact) mass is 298 g/mol. The molecule has 0 amide bonds. The standard InChI is InChI=1S/C11H14N4O4S/c1-18-8-2-4-9(5-3-8)19-6-7-20(16,17)11-13-10(12)14-15-11/h2-5H,6-7H2,1H3,(H3,12,13,14,15). The van der Waals surface area contributed by atoms with Gasteiger partial charge in [-0.15, -0.1) is 5.10 Å². The topological polar surface area (TPSA) is 120 Å². The second kappa shape index (κ2) is 5.78. The molecular formula is C11H14N4O4S. The molecule has 108 valence electrons. The number of sulfone groups is 1. The molecule has 0 saturated heterocycles. The number of nitrogen functional groups attached to an aromatic ring is 1. The zero-order valence-corrected chi connectivity index (χ0v) is 11.6. The van der Waals surface area contributed by atoms with Gasteiger partial charge in [0, 0.05) is 0 Å². The number of H-pyrrole nitrogens is 1. The first-order valence-electron chi connectivity index (χ1n) is 5.69. The minimum atomic E-state index is -3.58. The van der Waals surface area contributed by atoms with Crippen molar-refractivity contribution in [3.63, 3.8) is 0 Å². The van der Waals surface area contributed by atoms with Crippen LogP contribution in [0, 0.1) is 0 Å². The molecule has 2 rings (SSSR count). The second-order valence-electron chi connectivity index (χ2n) is 3.84. The van der Waals surface area contributed by atoms with Gasteiger partial charge in [0.1, 0.15) is 18.1 Å². The molecular weight excluding hydrogens is 284 g/mol. The van der Waals surface area contributed by atoms with Crippen LogP contribution in [0.4, 0.5) is 5.95 Å². The van der Waals surface area contributed by atoms with Crippen LogP contribution < -0.4 is 15.2 Å². The predicted molar refractivity (Wildman–Crippen MR) is 71.3 cm³/mol. The summed E-state index contributed by atoms with van der Waals surface area (Å²) < 4.78 is 34.0. The van der Waals surface area contributed by atoms with Gasteiger partial charge in [-0.1, -0.05) is 0 Å². The van der Waals surface area contributed by atoms with Crippen molar-refractivity contribution < 1.29 is 17.9 Å². The Balaban J connectivity index is 1.91. The van der Waals surface area contributed by atoms with Crippen molar-refractivity contribution in [1.29, 1.82) is 0 Å². The fourth-order valence-corrected chi connectivity index (χ4v) is 2.35. The lowest BCUT2D eigenvalue weighted by atomic mass is 10.3. The molecule has 1 aromatic heterocycles. The van der Waals surface area contributed by atoms with Gasteiger partial charge < -0.3 is 15.2 Å². The van der Waals surface area contributed by atoms with E-state index in [1.165, 1.54) is 0 Å². The number of hydrogen-bond acceptors (Lipinski definition) is 7. The van der Waals surface area contributed by atoms with Crippen LogP contribution in [0.25, 0.3) is 0 Å². The summed E-state index contributed by atoms with van der Waals surface area (Å²) in [5.41, 5.74) is 5.26. The first-order chi connectivity index (χ1) is 9.51. The van der Waals surface area contributed by atoms with Crippen molar-refractivity contribution in [3.05, 3.63) is 24.3 Å². The average Bonchev–Trinajstić information content (AvgIpc) is 2.87. The molecule has 1 heterocycles. The van der Waals surface area contributed by atoms with Gasteiger partial charge in [0.2, 0.25) is 20.9 Å². The second-order valence-corrected chi connectivity index (χ2v) is 5.87. The minimum Gasteiger partial charge on any atom is -0.497 e. The predicted octanol–water partition coefficient (Wildman–Crippen LogP) is 0.248. The lowest BCUT2D eigenvalue weighted by Gasteiger charge is -2.06. The van der Waals surface area contributed by atoms with Crippen LogP contribution in [-0.4, -0.2) is 43.1 Å². The molecule has 0 atom stereocenters. The number of ether oxygens (including phenoxy) is 2. The molecule has 9 heteroatoms. The number of benzene rings is 1. The van der Waals surface area contributed by atoms with Crippen molar-refractivity contribution in [3.8, 4) is 11.5 Å². The number of nitrogens with two attached hydrogens (primary N) is 1. The van der Waals surface area contributed by atoms with Gasteiger partial charge in [-0.2, -0.15) is 4.98 Å². The van der Waals surface area contributed by atoms with Crippen LogP contribution in [0.15, 0.2) is 29.4 Å². The maximum absolute atomic E-state index is 11.8. The zero-order valence-electron chi connectivity index (χ0n) is 10.7. The summed E-state index contributed by atoms with van der Waals surface area (Å²) >= 11 is 0. The Bertz CT molecular complexity index is 666. The van der Waals surface area contributed by atoms with Crippen LogP contribution in [0.3, 0.4) is 0 Å². The largest absolute Gasteiger partial charge is 0.497 e. The van der Waals surface area contributed by atoms with Crippen LogP contribution in [0.1, 0.15) is 0 Å². The van der Waals surface area contributed by atoms with Crippen LogP contribution in [0.5, 0.6) is 11.5 Å². The molecule has 0 radical (unpaired) electrons. The van der Waals surface area contributed by atoms with E-state index >= 15 is 0 Å². The molecule has 0 aliphatic rings. The van der Waals surface area contributed by atoms with Crippen LogP contribution in [-0.2, 0) is 9.84 Å². The lowest BCUT2D eigenvalue weighted by Crippen LogP contribution is -2.15. The molecule has 1 aromatic carbocycles. The Morgan fingerprint density at radius 2 is 1.90 bits per heavy atom. The molecule has 0 saturated carbocycles. The van der Waals surface area contributed by atoms with E-state index in [1.54, 1.807) is 31.4 Å². The molecule has 8 nitrogen and oxygen atoms in total. The van der Waals surface area contributed by atoms with E-state index in [0.717, 1.165) is 0 Å². The smallest absolute Gasteiger partial charge is 0.244 e. The SMILES string of the molecule is COc1ccc(OCCS(=O)(=O)c2nc(N)n[nH]2)cc1. The van der Waals surface area contributed by atoms with Crippen molar-refractivity contribution >= 4 is 15.8 Å². The number of anilines is 1. The highest BCUT2D eigenvalue weighted by Crippen LogP contribution is 2.17. The molecule has 2 aromatic rings. The number of aromatic amines is 1. The zero-order chi connectivity index (χ0) is 14.6. The van der Waals surface area contributed by atoms with Crippen molar-refractivity contribution in [2.75, 3.05) is 25.2 Å². The van der Waals surface area contributed by atoms with Crippen molar-refractivity contribution in [1.82, 2.24) is 15.2 Å². The summed E-state index contributed by atoms with van der Waals surface area (Å²) in [7, 11) is -2.02. The summed E-state index contributed by atoms with van der Waals surface area (Å²) in [6.45, 7) is -0.00470. The summed E-state index contributed by atoms with van der Waals surface area (Å²) in [5, 5.41) is 5.48. The Labute approximate surface area is 115 Å². The van der Waals surface area contributed by atoms with Crippen molar-refractivity contribution in [2.24, 2.45) is 0 Å². The van der Waals surface area contributed by atoms with Crippen LogP contribution >= 0.6 is 0 Å². The van der Waals surface area contributed by atoms with Gasteiger partial charge in [-0.3, -0.25) is 0 Å². The molecule has 3 N–H and O–H groups in total. The number of hydrogen-bond donors (Lipinski definition) is 2. The molecule has 0 aliphatic carbocycles. The van der Waals surface area contributed by atoms with Gasteiger partial charge in [0.05, 0.1) is 12.9 Å². The quantitative estimate of drug-likeness (QED) is 0.784. The average molecular weight is 298 g/mol. The van der Waals surface area contributed by atoms with Gasteiger partial charge >= 0.3 is 0 Å². The molecule has 0 spiro atoms. The maximum atomic E-state index is 11.8. The number of methoxy groups -OCH3 is 1. The maximum Gasteiger partial charge on any atom is 0.244 e. The summed E-state index contributed by atoms with van der Waals surface area (Å²) in [4.78, 5) is 3.58. The number of aromatic nitrogens is 3. The number of rotatable bonds is 6. The Hall–Kier alpha value is -2.29. The van der Waals surface area contributed by atoms with E-state index in [0.29, 0.717) is 11.5 Å². The van der Waals surface area contributed by atoms with Gasteiger partial charge in [0.25, 0.3) is 0 Å². The molecule has 0 bridgehead atoms. The third-order valence-electron chi connectivity index (χ3n) is 2.46. The highest BCUT2D eigenvalue weighted by Gasteiger charge is 2.19. The van der Waals surface area contributed by atoms with E-state index in [2.05, 4.69) is 15.2 Å². The number of nitrogens with one attached hydrogen (secondary N) is 1. The highest BCUT2D eigenvalue weighted by molar-refractivity contribution is 7.91. The van der Waals surface area contributed by atoms with Crippen LogP contribution in [0.2, 0.25) is 0 Å². The fraction of sp³-hybridized carbons (Fsp3) is 0.273. The summed E-state index contributed by atoms with van der Waals surface area (Å²) in [5.74, 6) is 0.910. The van der Waals surface area contributed by atoms with E-state index < -0.39 is 9.84 Å². The number of nitrogens with zero attached hydrogens (tertiary/aromatic N) is 2. The Kier molecular flexibility index (Phi) is 4.08. The minimum absolute atomic E-state index is 0.00470. The highest BCUT2D eigenvalue weighted by atomic mass is 32.2. The first-order valence-corrected chi connectivity index (χ1v) is 7.34. The summed E-state index contributed by atoms with van der Waals surface area (Å²) in [6.07, 6.45) is 0. The summed E-state index contributed by atoms with van der Waals surface area (Å²) in [6, 6.07) is 6.83. The van der Waals surface area contributed by atoms with E-state index in [-0.39, 0.29) is 23.5 Å². The van der Waals surface area contributed by atoms with E-state index in [1.807, 2.05) is 0 Å². The van der Waals surface area contributed by atoms with Crippen molar-refractivity contribution in [2.45, 2.75) is 5.16 Å². The normalized spacial score (nSPS) is 11.2. The van der Waals surface area contributed by atoms with E-state index in [4.69, 9.17) is 15.2 Å². The molecule has 0 fully saturated rings.